The van der Waals surface area contributed by atoms with Crippen LogP contribution >= 0.6 is 0 Å². The molecule has 1 N–H and O–H groups in total. The van der Waals surface area contributed by atoms with Crippen LogP contribution in [-0.4, -0.2) is 51.3 Å². The maximum absolute atomic E-state index is 5.59. The lowest BCUT2D eigenvalue weighted by molar-refractivity contribution is 0.0937. The summed E-state index contributed by atoms with van der Waals surface area (Å²) in [6.45, 7) is 6.17. The Hall–Kier alpha value is -0.120. The second-order valence-corrected chi connectivity index (χ2v) is 4.41. The molecule has 0 amide bonds. The predicted octanol–water partition coefficient (Wildman–Crippen LogP) is 0.953. The largest absolute Gasteiger partial charge is 0.380 e. The Balaban J connectivity index is 1.92. The zero-order chi connectivity index (χ0) is 10.4. The highest BCUT2D eigenvalue weighted by Crippen LogP contribution is 2.28. The van der Waals surface area contributed by atoms with Crippen molar-refractivity contribution in [2.24, 2.45) is 5.92 Å². The van der Waals surface area contributed by atoms with Gasteiger partial charge in [-0.05, 0) is 39.8 Å². The summed E-state index contributed by atoms with van der Waals surface area (Å²) in [7, 11) is 4.15. The Morgan fingerprint density at radius 3 is 2.79 bits per heavy atom. The van der Waals surface area contributed by atoms with E-state index in [1.165, 1.54) is 12.8 Å². The molecule has 3 nitrogen and oxygen atoms in total. The average molecular weight is 200 g/mol. The summed E-state index contributed by atoms with van der Waals surface area (Å²) in [5.41, 5.74) is 0. The van der Waals surface area contributed by atoms with Gasteiger partial charge in [0.15, 0.2) is 0 Å². The van der Waals surface area contributed by atoms with Gasteiger partial charge in [-0.25, -0.2) is 0 Å². The molecule has 84 valence electrons. The van der Waals surface area contributed by atoms with Gasteiger partial charge in [-0.15, -0.1) is 0 Å². The van der Waals surface area contributed by atoms with Crippen LogP contribution < -0.4 is 5.32 Å². The first-order valence-corrected chi connectivity index (χ1v) is 5.66. The molecule has 0 aromatic heterocycles. The zero-order valence-corrected chi connectivity index (χ0v) is 9.75. The molecule has 1 unspecified atom stereocenters. The van der Waals surface area contributed by atoms with Gasteiger partial charge >= 0.3 is 0 Å². The molecule has 0 aromatic rings. The second kappa shape index (κ2) is 6.38. The lowest BCUT2D eigenvalue weighted by Gasteiger charge is -2.24. The van der Waals surface area contributed by atoms with Crippen molar-refractivity contribution in [3.05, 3.63) is 0 Å². The van der Waals surface area contributed by atoms with Crippen molar-refractivity contribution in [2.45, 2.75) is 25.8 Å². The lowest BCUT2D eigenvalue weighted by Crippen LogP contribution is -2.38. The minimum absolute atomic E-state index is 0.588. The lowest BCUT2D eigenvalue weighted by atomic mass is 10.3. The molecule has 1 fully saturated rings. The molecule has 0 aliphatic heterocycles. The average Bonchev–Trinajstić information content (AvgIpc) is 2.96. The van der Waals surface area contributed by atoms with E-state index in [1.807, 2.05) is 7.05 Å². The molecule has 1 aliphatic carbocycles. The molecule has 0 spiro atoms. The van der Waals surface area contributed by atoms with Crippen molar-refractivity contribution in [1.82, 2.24) is 10.2 Å². The fourth-order valence-electron chi connectivity index (χ4n) is 1.41. The van der Waals surface area contributed by atoms with Crippen LogP contribution in [0.15, 0.2) is 0 Å². The molecule has 1 aliphatic rings. The van der Waals surface area contributed by atoms with E-state index in [2.05, 4.69) is 24.2 Å². The van der Waals surface area contributed by atoms with Gasteiger partial charge in [0.2, 0.25) is 0 Å². The quantitative estimate of drug-likeness (QED) is 0.591. The summed E-state index contributed by atoms with van der Waals surface area (Å²) >= 11 is 0. The Kier molecular flexibility index (Phi) is 5.45. The van der Waals surface area contributed by atoms with Crippen LogP contribution in [-0.2, 0) is 4.74 Å². The molecule has 0 saturated heterocycles. The molecule has 1 rings (SSSR count). The fourth-order valence-corrected chi connectivity index (χ4v) is 1.41. The predicted molar refractivity (Wildman–Crippen MR) is 59.6 cm³/mol. The SMILES string of the molecule is CNCC(C)N(C)CCOCC1CC1. The number of likely N-dealkylation sites (N-methyl/N-ethyl adjacent to an activating group) is 2. The van der Waals surface area contributed by atoms with Crippen molar-refractivity contribution < 1.29 is 4.74 Å². The van der Waals surface area contributed by atoms with Gasteiger partial charge in [-0.2, -0.15) is 0 Å². The van der Waals surface area contributed by atoms with E-state index < -0.39 is 0 Å². The van der Waals surface area contributed by atoms with Crippen LogP contribution in [0.1, 0.15) is 19.8 Å². The summed E-state index contributed by atoms with van der Waals surface area (Å²) in [6.07, 6.45) is 2.76. The Morgan fingerprint density at radius 1 is 1.50 bits per heavy atom. The molecular formula is C11H24N2O. The van der Waals surface area contributed by atoms with Crippen molar-refractivity contribution in [3.63, 3.8) is 0 Å². The number of ether oxygens (including phenoxy) is 1. The van der Waals surface area contributed by atoms with Gasteiger partial charge in [0.05, 0.1) is 6.61 Å². The first kappa shape index (κ1) is 12.0. The highest BCUT2D eigenvalue weighted by atomic mass is 16.5. The monoisotopic (exact) mass is 200 g/mol. The van der Waals surface area contributed by atoms with Crippen LogP contribution in [0, 0.1) is 5.92 Å². The summed E-state index contributed by atoms with van der Waals surface area (Å²) in [6, 6.07) is 0.588. The van der Waals surface area contributed by atoms with Crippen LogP contribution in [0.3, 0.4) is 0 Å². The number of nitrogens with one attached hydrogen (secondary N) is 1. The molecule has 3 heteroatoms. The first-order valence-electron chi connectivity index (χ1n) is 5.66. The maximum atomic E-state index is 5.59. The van der Waals surface area contributed by atoms with Crippen molar-refractivity contribution in [2.75, 3.05) is 40.4 Å². The van der Waals surface area contributed by atoms with Crippen LogP contribution in [0.25, 0.3) is 0 Å². The van der Waals surface area contributed by atoms with Gasteiger partial charge < -0.3 is 15.0 Å². The standard InChI is InChI=1S/C11H24N2O/c1-10(8-12-2)13(3)6-7-14-9-11-4-5-11/h10-12H,4-9H2,1-3H3. The molecule has 14 heavy (non-hydrogen) atoms. The molecule has 1 atom stereocenters. The molecule has 1 saturated carbocycles. The summed E-state index contributed by atoms with van der Waals surface area (Å²) in [4.78, 5) is 2.34. The van der Waals surface area contributed by atoms with E-state index in [1.54, 1.807) is 0 Å². The molecule has 0 radical (unpaired) electrons. The normalized spacial score (nSPS) is 18.9. The van der Waals surface area contributed by atoms with Crippen LogP contribution in [0.4, 0.5) is 0 Å². The van der Waals surface area contributed by atoms with Gasteiger partial charge in [0.1, 0.15) is 0 Å². The minimum Gasteiger partial charge on any atom is -0.380 e. The number of hydrogen-bond acceptors (Lipinski definition) is 3. The van der Waals surface area contributed by atoms with E-state index in [0.29, 0.717) is 6.04 Å². The number of rotatable bonds is 8. The van der Waals surface area contributed by atoms with Crippen molar-refractivity contribution in [1.29, 1.82) is 0 Å². The van der Waals surface area contributed by atoms with E-state index in [-0.39, 0.29) is 0 Å². The summed E-state index contributed by atoms with van der Waals surface area (Å²) in [5.74, 6) is 0.884. The Morgan fingerprint density at radius 2 is 2.21 bits per heavy atom. The Labute approximate surface area is 87.8 Å². The van der Waals surface area contributed by atoms with Gasteiger partial charge in [-0.3, -0.25) is 0 Å². The topological polar surface area (TPSA) is 24.5 Å². The van der Waals surface area contributed by atoms with Gasteiger partial charge in [0.25, 0.3) is 0 Å². The third-order valence-corrected chi connectivity index (χ3v) is 2.89. The summed E-state index contributed by atoms with van der Waals surface area (Å²) in [5, 5.41) is 3.18. The van der Waals surface area contributed by atoms with Crippen LogP contribution in [0.5, 0.6) is 0 Å². The fraction of sp³-hybridized carbons (Fsp3) is 1.00. The third-order valence-electron chi connectivity index (χ3n) is 2.89. The van der Waals surface area contributed by atoms with Crippen molar-refractivity contribution >= 4 is 0 Å². The van der Waals surface area contributed by atoms with E-state index >= 15 is 0 Å². The Bertz CT molecular complexity index is 148. The number of hydrogen-bond donors (Lipinski definition) is 1. The highest BCUT2D eigenvalue weighted by Gasteiger charge is 2.21. The van der Waals surface area contributed by atoms with Gasteiger partial charge in [0, 0.05) is 25.7 Å². The van der Waals surface area contributed by atoms with Crippen molar-refractivity contribution in [3.8, 4) is 0 Å². The highest BCUT2D eigenvalue weighted by molar-refractivity contribution is 4.72. The molecular weight excluding hydrogens is 176 g/mol. The minimum atomic E-state index is 0.588. The van der Waals surface area contributed by atoms with Crippen LogP contribution in [0.2, 0.25) is 0 Å². The zero-order valence-electron chi connectivity index (χ0n) is 9.75. The summed E-state index contributed by atoms with van der Waals surface area (Å²) < 4.78 is 5.59. The van der Waals surface area contributed by atoms with E-state index in [4.69, 9.17) is 4.74 Å². The third kappa shape index (κ3) is 4.94. The first-order chi connectivity index (χ1) is 6.74. The van der Waals surface area contributed by atoms with E-state index in [9.17, 15) is 0 Å². The van der Waals surface area contributed by atoms with Gasteiger partial charge in [-0.1, -0.05) is 0 Å². The molecule has 0 heterocycles. The van der Waals surface area contributed by atoms with E-state index in [0.717, 1.165) is 32.2 Å². The second-order valence-electron chi connectivity index (χ2n) is 4.41. The smallest absolute Gasteiger partial charge is 0.0593 e. The molecule has 0 bridgehead atoms. The molecule has 0 aromatic carbocycles. The maximum Gasteiger partial charge on any atom is 0.0593 e. The number of nitrogens with zero attached hydrogens (tertiary/aromatic N) is 1.